The van der Waals surface area contributed by atoms with Crippen LogP contribution in [0.1, 0.15) is 18.4 Å². The number of fused-ring (bicyclic) bond motifs is 1. The van der Waals surface area contributed by atoms with Gasteiger partial charge in [-0.25, -0.2) is 23.4 Å². The zero-order valence-electron chi connectivity index (χ0n) is 18.5. The van der Waals surface area contributed by atoms with E-state index in [-0.39, 0.29) is 24.0 Å². The Hall–Kier alpha value is -3.46. The molecular formula is C24H24ClF2N4O3. The molecule has 0 aliphatic carbocycles. The van der Waals surface area contributed by atoms with Crippen molar-refractivity contribution in [2.24, 2.45) is 0 Å². The minimum atomic E-state index is -0.766. The lowest BCUT2D eigenvalue weighted by atomic mass is 10.1. The normalized spacial score (nSPS) is 11.7. The molecule has 179 valence electrons. The molecule has 0 saturated carbocycles. The van der Waals surface area contributed by atoms with Crippen LogP contribution in [0.4, 0.5) is 24.2 Å². The molecular weight excluding hydrogens is 466 g/mol. The van der Waals surface area contributed by atoms with Gasteiger partial charge in [0.2, 0.25) is 0 Å². The number of amides is 3. The molecule has 2 N–H and O–H groups in total. The number of carbonyl (C=O) groups excluding carboxylic acids is 2. The van der Waals surface area contributed by atoms with E-state index in [4.69, 9.17) is 16.3 Å². The maximum absolute atomic E-state index is 13.6. The predicted molar refractivity (Wildman–Crippen MR) is 126 cm³/mol. The maximum Gasteiger partial charge on any atom is 0.412 e. The van der Waals surface area contributed by atoms with Crippen LogP contribution in [-0.2, 0) is 11.3 Å². The number of nitrogens with one attached hydrogen (secondary N) is 2. The van der Waals surface area contributed by atoms with E-state index in [2.05, 4.69) is 22.5 Å². The highest BCUT2D eigenvalue weighted by Crippen LogP contribution is 2.20. The molecule has 34 heavy (non-hydrogen) atoms. The van der Waals surface area contributed by atoms with Gasteiger partial charge in [0.1, 0.15) is 24.1 Å². The predicted octanol–water partition coefficient (Wildman–Crippen LogP) is 5.54. The fourth-order valence-electron chi connectivity index (χ4n) is 3.26. The number of ether oxygens (including phenoxy) is 1. The topological polar surface area (TPSA) is 83.6 Å². The summed E-state index contributed by atoms with van der Waals surface area (Å²) >= 11 is 5.92. The molecule has 2 aromatic carbocycles. The summed E-state index contributed by atoms with van der Waals surface area (Å²) in [4.78, 5) is 30.3. The van der Waals surface area contributed by atoms with Gasteiger partial charge in [-0.3, -0.25) is 5.32 Å². The first-order valence-corrected chi connectivity index (χ1v) is 10.9. The molecule has 0 saturated heterocycles. The Morgan fingerprint density at radius 1 is 1.21 bits per heavy atom. The lowest BCUT2D eigenvalue weighted by Gasteiger charge is -2.28. The Morgan fingerprint density at radius 2 is 2.00 bits per heavy atom. The minimum absolute atomic E-state index is 0.0342. The maximum atomic E-state index is 13.6. The summed E-state index contributed by atoms with van der Waals surface area (Å²) in [5, 5.41) is 6.42. The molecule has 0 unspecified atom stereocenters. The Labute approximate surface area is 201 Å². The highest BCUT2D eigenvalue weighted by molar-refractivity contribution is 6.31. The average molecular weight is 490 g/mol. The smallest absolute Gasteiger partial charge is 0.412 e. The Bertz CT molecular complexity index is 1180. The van der Waals surface area contributed by atoms with Crippen molar-refractivity contribution in [1.82, 2.24) is 15.2 Å². The number of pyridine rings is 1. The van der Waals surface area contributed by atoms with Crippen LogP contribution in [0.3, 0.4) is 0 Å². The third kappa shape index (κ3) is 6.54. The zero-order valence-corrected chi connectivity index (χ0v) is 19.2. The molecule has 7 nitrogen and oxygen atoms in total. The van der Waals surface area contributed by atoms with E-state index in [0.717, 1.165) is 5.39 Å². The molecule has 0 aliphatic heterocycles. The highest BCUT2D eigenvalue weighted by atomic mass is 35.5. The van der Waals surface area contributed by atoms with Crippen LogP contribution in [0.25, 0.3) is 10.8 Å². The van der Waals surface area contributed by atoms with Gasteiger partial charge < -0.3 is 15.0 Å². The summed E-state index contributed by atoms with van der Waals surface area (Å²) in [7, 11) is 1.56. The quantitative estimate of drug-likeness (QED) is 0.435. The number of halogens is 3. The van der Waals surface area contributed by atoms with Gasteiger partial charge in [0, 0.05) is 25.2 Å². The van der Waals surface area contributed by atoms with Gasteiger partial charge in [0.15, 0.2) is 0 Å². The first-order valence-electron chi connectivity index (χ1n) is 10.5. The average Bonchev–Trinajstić information content (AvgIpc) is 2.81. The van der Waals surface area contributed by atoms with Crippen LogP contribution in [-0.4, -0.2) is 41.7 Å². The lowest BCUT2D eigenvalue weighted by molar-refractivity contribution is 0.114. The molecule has 1 radical (unpaired) electrons. The first kappa shape index (κ1) is 25.2. The fraction of sp³-hybridized carbons (Fsp3) is 0.250. The van der Waals surface area contributed by atoms with Gasteiger partial charge in [0.25, 0.3) is 0 Å². The third-order valence-corrected chi connectivity index (χ3v) is 5.61. The van der Waals surface area contributed by atoms with Gasteiger partial charge >= 0.3 is 12.1 Å². The number of urea groups is 1. The number of nitrogens with zero attached hydrogens (tertiary/aromatic N) is 2. The Morgan fingerprint density at radius 3 is 2.76 bits per heavy atom. The number of aromatic nitrogens is 1. The summed E-state index contributed by atoms with van der Waals surface area (Å²) in [6, 6.07) is 9.24. The summed E-state index contributed by atoms with van der Waals surface area (Å²) in [6.45, 7) is 3.74. The van der Waals surface area contributed by atoms with Crippen molar-refractivity contribution < 1.29 is 23.1 Å². The molecule has 3 amide bonds. The van der Waals surface area contributed by atoms with E-state index in [0.29, 0.717) is 23.8 Å². The molecule has 3 rings (SSSR count). The van der Waals surface area contributed by atoms with Crippen molar-refractivity contribution in [3.05, 3.63) is 77.8 Å². The molecule has 0 spiro atoms. The van der Waals surface area contributed by atoms with Crippen molar-refractivity contribution in [3.8, 4) is 0 Å². The second kappa shape index (κ2) is 11.6. The summed E-state index contributed by atoms with van der Waals surface area (Å²) in [5.41, 5.74) is 0.440. The van der Waals surface area contributed by atoms with Gasteiger partial charge in [0.05, 0.1) is 11.1 Å². The number of carbonyl (C=O) groups is 2. The number of hydrogen-bond acceptors (Lipinski definition) is 4. The first-order chi connectivity index (χ1) is 16.3. The number of hydrogen-bond donors (Lipinski definition) is 2. The molecule has 0 aliphatic rings. The second-order valence-corrected chi connectivity index (χ2v) is 7.94. The largest absolute Gasteiger partial charge is 0.447 e. The molecule has 10 heteroatoms. The van der Waals surface area contributed by atoms with Crippen molar-refractivity contribution in [3.63, 3.8) is 0 Å². The van der Waals surface area contributed by atoms with Crippen molar-refractivity contribution >= 4 is 40.3 Å². The number of benzene rings is 2. The van der Waals surface area contributed by atoms with Crippen LogP contribution in [0.5, 0.6) is 0 Å². The van der Waals surface area contributed by atoms with Crippen LogP contribution >= 0.6 is 11.6 Å². The second-order valence-electron chi connectivity index (χ2n) is 7.56. The number of anilines is 1. The van der Waals surface area contributed by atoms with Gasteiger partial charge in [-0.15, -0.1) is 0 Å². The van der Waals surface area contributed by atoms with E-state index in [1.54, 1.807) is 19.2 Å². The lowest BCUT2D eigenvalue weighted by Crippen LogP contribution is -2.45. The van der Waals surface area contributed by atoms with E-state index in [1.807, 2.05) is 0 Å². The summed E-state index contributed by atoms with van der Waals surface area (Å²) in [6.07, 6.45) is 1.73. The third-order valence-electron chi connectivity index (χ3n) is 5.19. The Kier molecular flexibility index (Phi) is 8.59. The van der Waals surface area contributed by atoms with Crippen LogP contribution in [0, 0.1) is 18.6 Å². The van der Waals surface area contributed by atoms with Crippen molar-refractivity contribution in [2.45, 2.75) is 25.4 Å². The van der Waals surface area contributed by atoms with Crippen LogP contribution in [0.2, 0.25) is 5.02 Å². The number of likely N-dealkylation sites (N-methyl/N-ethyl adjacent to an activating group) is 1. The standard InChI is InChI=1S/C24H24ClF2N4O3/c1-3-5-19(31(2)23(32)29-13-16-6-4-7-20(27)22(16)25)14-34-24(33)30-21-11-17-10-18(26)9-8-15(17)12-28-21/h4,6-12,19H,1,3,5,13-14H2,2H3,(H,29,32)(H,28,30,33)/t19-/m0/s1. The zero-order chi connectivity index (χ0) is 24.7. The summed E-state index contributed by atoms with van der Waals surface area (Å²) < 4.78 is 32.3. The van der Waals surface area contributed by atoms with Crippen molar-refractivity contribution in [2.75, 3.05) is 19.0 Å². The fourth-order valence-corrected chi connectivity index (χ4v) is 3.46. The van der Waals surface area contributed by atoms with Gasteiger partial charge in [-0.2, -0.15) is 0 Å². The van der Waals surface area contributed by atoms with Gasteiger partial charge in [-0.1, -0.05) is 37.1 Å². The molecule has 0 bridgehead atoms. The van der Waals surface area contributed by atoms with Gasteiger partial charge in [-0.05, 0) is 47.7 Å². The number of rotatable bonds is 8. The molecule has 1 atom stereocenters. The van der Waals surface area contributed by atoms with E-state index < -0.39 is 29.8 Å². The molecule has 1 heterocycles. The van der Waals surface area contributed by atoms with E-state index in [9.17, 15) is 18.4 Å². The molecule has 0 fully saturated rings. The van der Waals surface area contributed by atoms with E-state index >= 15 is 0 Å². The monoisotopic (exact) mass is 489 g/mol. The SMILES string of the molecule is [CH2]CC[C@@H](COC(=O)Nc1cc2cc(F)ccc2cn1)N(C)C(=O)NCc1cccc(F)c1Cl. The van der Waals surface area contributed by atoms with Crippen molar-refractivity contribution in [1.29, 1.82) is 0 Å². The Balaban J connectivity index is 1.55. The van der Waals surface area contributed by atoms with Crippen LogP contribution < -0.4 is 10.6 Å². The minimum Gasteiger partial charge on any atom is -0.447 e. The summed E-state index contributed by atoms with van der Waals surface area (Å²) in [5.74, 6) is -0.763. The highest BCUT2D eigenvalue weighted by Gasteiger charge is 2.21. The molecule has 1 aromatic heterocycles. The molecule has 3 aromatic rings. The van der Waals surface area contributed by atoms with E-state index in [1.165, 1.54) is 41.4 Å². The van der Waals surface area contributed by atoms with Crippen LogP contribution in [0.15, 0.2) is 48.7 Å².